The van der Waals surface area contributed by atoms with Crippen molar-refractivity contribution in [2.24, 2.45) is 5.92 Å². The fourth-order valence-electron chi connectivity index (χ4n) is 2.50. The molecule has 0 radical (unpaired) electrons. The number of carbonyl (C=O) groups excluding carboxylic acids is 1. The largest absolute Gasteiger partial charge is 0.447 e. The Morgan fingerprint density at radius 1 is 1.43 bits per heavy atom. The third kappa shape index (κ3) is 5.53. The normalized spacial score (nSPS) is 21.8. The van der Waals surface area contributed by atoms with Gasteiger partial charge in [0.2, 0.25) is 0 Å². The van der Waals surface area contributed by atoms with Gasteiger partial charge in [-0.3, -0.25) is 0 Å². The van der Waals surface area contributed by atoms with E-state index in [2.05, 4.69) is 10.6 Å². The molecule has 5 nitrogen and oxygen atoms in total. The minimum Gasteiger partial charge on any atom is -0.447 e. The van der Waals surface area contributed by atoms with Crippen molar-refractivity contribution in [2.75, 3.05) is 26.2 Å². The van der Waals surface area contributed by atoms with E-state index in [4.69, 9.17) is 32.7 Å². The summed E-state index contributed by atoms with van der Waals surface area (Å²) in [4.78, 5) is 11.7. The maximum absolute atomic E-state index is 11.7. The molecule has 0 saturated carbocycles. The average Bonchev–Trinajstić information content (AvgIpc) is 2.72. The van der Waals surface area contributed by atoms with Gasteiger partial charge in [0.05, 0.1) is 28.9 Å². The zero-order chi connectivity index (χ0) is 16.8. The standard InChI is InChI=1S/C16H22Cl2N2O3/c1-10(2)23-16(21)20-9-12-8-19-5-6-22-15(12)11-3-4-13(17)14(18)7-11/h3-4,7,10,12,15,19H,5-6,8-9H2,1-2H3,(H,20,21). The Labute approximate surface area is 146 Å². The number of ether oxygens (including phenoxy) is 2. The number of carbonyl (C=O) groups is 1. The summed E-state index contributed by atoms with van der Waals surface area (Å²) in [5, 5.41) is 7.12. The zero-order valence-electron chi connectivity index (χ0n) is 13.3. The fourth-order valence-corrected chi connectivity index (χ4v) is 2.80. The van der Waals surface area contributed by atoms with E-state index in [-0.39, 0.29) is 18.1 Å². The quantitative estimate of drug-likeness (QED) is 0.863. The minimum atomic E-state index is -0.419. The third-order valence-electron chi connectivity index (χ3n) is 3.53. The fraction of sp³-hybridized carbons (Fsp3) is 0.562. The molecule has 0 aliphatic carbocycles. The summed E-state index contributed by atoms with van der Waals surface area (Å²) in [6.45, 7) is 6.17. The van der Waals surface area contributed by atoms with Crippen LogP contribution in [-0.2, 0) is 9.47 Å². The van der Waals surface area contributed by atoms with Gasteiger partial charge >= 0.3 is 6.09 Å². The lowest BCUT2D eigenvalue weighted by atomic mass is 9.95. The van der Waals surface area contributed by atoms with Gasteiger partial charge in [0, 0.05) is 25.6 Å². The second kappa shape index (κ2) is 8.73. The average molecular weight is 361 g/mol. The molecular weight excluding hydrogens is 339 g/mol. The van der Waals surface area contributed by atoms with Crippen molar-refractivity contribution in [2.45, 2.75) is 26.1 Å². The molecule has 2 atom stereocenters. The van der Waals surface area contributed by atoms with Gasteiger partial charge in [-0.25, -0.2) is 4.79 Å². The Hall–Kier alpha value is -1.01. The highest BCUT2D eigenvalue weighted by Gasteiger charge is 2.27. The Balaban J connectivity index is 2.07. The van der Waals surface area contributed by atoms with Crippen molar-refractivity contribution in [3.63, 3.8) is 0 Å². The van der Waals surface area contributed by atoms with E-state index in [1.807, 2.05) is 26.0 Å². The SMILES string of the molecule is CC(C)OC(=O)NCC1CNCCOC1c1ccc(Cl)c(Cl)c1. The molecule has 1 aromatic carbocycles. The van der Waals surface area contributed by atoms with E-state index in [0.717, 1.165) is 18.7 Å². The summed E-state index contributed by atoms with van der Waals surface area (Å²) in [5.74, 6) is 0.0643. The predicted molar refractivity (Wildman–Crippen MR) is 91.1 cm³/mol. The Kier molecular flexibility index (Phi) is 6.96. The number of amides is 1. The molecule has 1 saturated heterocycles. The molecule has 1 aromatic rings. The van der Waals surface area contributed by atoms with Gasteiger partial charge in [-0.15, -0.1) is 0 Å². The van der Waals surface area contributed by atoms with Crippen LogP contribution in [0, 0.1) is 5.92 Å². The highest BCUT2D eigenvalue weighted by atomic mass is 35.5. The minimum absolute atomic E-state index is 0.0643. The molecule has 0 spiro atoms. The van der Waals surface area contributed by atoms with Gasteiger partial charge in [0.1, 0.15) is 0 Å². The molecule has 1 heterocycles. The van der Waals surface area contributed by atoms with Crippen LogP contribution in [0.1, 0.15) is 25.5 Å². The number of rotatable bonds is 4. The van der Waals surface area contributed by atoms with Gasteiger partial charge in [-0.2, -0.15) is 0 Å². The summed E-state index contributed by atoms with van der Waals surface area (Å²) >= 11 is 12.1. The summed E-state index contributed by atoms with van der Waals surface area (Å²) in [6.07, 6.45) is -0.736. The lowest BCUT2D eigenvalue weighted by molar-refractivity contribution is 0.0298. The summed E-state index contributed by atoms with van der Waals surface area (Å²) in [7, 11) is 0. The van der Waals surface area contributed by atoms with Crippen LogP contribution < -0.4 is 10.6 Å². The zero-order valence-corrected chi connectivity index (χ0v) is 14.8. The van der Waals surface area contributed by atoms with E-state index in [9.17, 15) is 4.79 Å². The van der Waals surface area contributed by atoms with E-state index < -0.39 is 6.09 Å². The topological polar surface area (TPSA) is 59.6 Å². The summed E-state index contributed by atoms with van der Waals surface area (Å²) < 4.78 is 11.1. The van der Waals surface area contributed by atoms with Crippen LogP contribution in [0.15, 0.2) is 18.2 Å². The number of alkyl carbamates (subject to hydrolysis) is 1. The van der Waals surface area contributed by atoms with Crippen molar-refractivity contribution in [3.8, 4) is 0 Å². The van der Waals surface area contributed by atoms with Crippen LogP contribution in [0.5, 0.6) is 0 Å². The van der Waals surface area contributed by atoms with Crippen molar-refractivity contribution in [3.05, 3.63) is 33.8 Å². The summed E-state index contributed by atoms with van der Waals surface area (Å²) in [6, 6.07) is 5.49. The first-order chi connectivity index (χ1) is 11.0. The molecule has 1 aliphatic heterocycles. The molecule has 7 heteroatoms. The lowest BCUT2D eigenvalue weighted by Gasteiger charge is -2.25. The molecule has 1 amide bonds. The van der Waals surface area contributed by atoms with Crippen molar-refractivity contribution in [1.29, 1.82) is 0 Å². The van der Waals surface area contributed by atoms with Gasteiger partial charge in [0.15, 0.2) is 0 Å². The Bertz CT molecular complexity index is 540. The first-order valence-electron chi connectivity index (χ1n) is 7.69. The predicted octanol–water partition coefficient (Wildman–Crippen LogP) is 3.41. The first kappa shape index (κ1) is 18.3. The van der Waals surface area contributed by atoms with Crippen LogP contribution in [-0.4, -0.2) is 38.4 Å². The number of nitrogens with one attached hydrogen (secondary N) is 2. The highest BCUT2D eigenvalue weighted by Crippen LogP contribution is 2.31. The Morgan fingerprint density at radius 2 is 2.22 bits per heavy atom. The molecule has 1 fully saturated rings. The van der Waals surface area contributed by atoms with Crippen LogP contribution >= 0.6 is 23.2 Å². The number of benzene rings is 1. The van der Waals surface area contributed by atoms with Gasteiger partial charge in [-0.05, 0) is 31.5 Å². The molecule has 128 valence electrons. The van der Waals surface area contributed by atoms with Crippen molar-refractivity contribution >= 4 is 29.3 Å². The number of hydrogen-bond acceptors (Lipinski definition) is 4. The lowest BCUT2D eigenvalue weighted by Crippen LogP contribution is -2.37. The molecule has 0 bridgehead atoms. The van der Waals surface area contributed by atoms with E-state index in [1.54, 1.807) is 6.07 Å². The molecule has 23 heavy (non-hydrogen) atoms. The first-order valence-corrected chi connectivity index (χ1v) is 8.44. The number of hydrogen-bond donors (Lipinski definition) is 2. The van der Waals surface area contributed by atoms with Crippen LogP contribution in [0.2, 0.25) is 10.0 Å². The molecular formula is C16H22Cl2N2O3. The van der Waals surface area contributed by atoms with Crippen LogP contribution in [0.25, 0.3) is 0 Å². The molecule has 1 aliphatic rings. The van der Waals surface area contributed by atoms with Gasteiger partial charge < -0.3 is 20.1 Å². The second-order valence-corrected chi connectivity index (χ2v) is 6.58. The van der Waals surface area contributed by atoms with E-state index in [0.29, 0.717) is 23.2 Å². The van der Waals surface area contributed by atoms with E-state index >= 15 is 0 Å². The third-order valence-corrected chi connectivity index (χ3v) is 4.27. The van der Waals surface area contributed by atoms with Crippen molar-refractivity contribution in [1.82, 2.24) is 10.6 Å². The molecule has 2 N–H and O–H groups in total. The highest BCUT2D eigenvalue weighted by molar-refractivity contribution is 6.42. The van der Waals surface area contributed by atoms with Crippen LogP contribution in [0.4, 0.5) is 4.79 Å². The molecule has 2 rings (SSSR count). The maximum atomic E-state index is 11.7. The molecule has 0 aromatic heterocycles. The maximum Gasteiger partial charge on any atom is 0.407 e. The van der Waals surface area contributed by atoms with E-state index in [1.165, 1.54) is 0 Å². The van der Waals surface area contributed by atoms with Gasteiger partial charge in [-0.1, -0.05) is 29.3 Å². The second-order valence-electron chi connectivity index (χ2n) is 5.76. The number of halogens is 2. The van der Waals surface area contributed by atoms with Crippen LogP contribution in [0.3, 0.4) is 0 Å². The monoisotopic (exact) mass is 360 g/mol. The Morgan fingerprint density at radius 3 is 2.91 bits per heavy atom. The smallest absolute Gasteiger partial charge is 0.407 e. The molecule has 2 unspecified atom stereocenters. The van der Waals surface area contributed by atoms with Gasteiger partial charge in [0.25, 0.3) is 0 Å². The van der Waals surface area contributed by atoms with Crippen molar-refractivity contribution < 1.29 is 14.3 Å². The summed E-state index contributed by atoms with van der Waals surface area (Å²) in [5.41, 5.74) is 0.951.